The summed E-state index contributed by atoms with van der Waals surface area (Å²) in [6, 6.07) is 0. The first-order valence-electron chi connectivity index (χ1n) is 11.1. The Kier molecular flexibility index (Phi) is 4.79. The van der Waals surface area contributed by atoms with Gasteiger partial charge in [-0.3, -0.25) is 4.79 Å². The molecule has 0 amide bonds. The predicted octanol–water partition coefficient (Wildman–Crippen LogP) is 5.33. The van der Waals surface area contributed by atoms with E-state index in [1.165, 1.54) is 45.3 Å². The van der Waals surface area contributed by atoms with Crippen LogP contribution in [0.25, 0.3) is 0 Å². The lowest BCUT2D eigenvalue weighted by Gasteiger charge is -2.57. The van der Waals surface area contributed by atoms with Crippen LogP contribution in [0.1, 0.15) is 79.1 Å². The minimum absolute atomic E-state index is 0.119. The Labute approximate surface area is 164 Å². The van der Waals surface area contributed by atoms with Crippen LogP contribution in [0.3, 0.4) is 0 Å². The molecule has 3 fully saturated rings. The maximum atomic E-state index is 11.5. The van der Waals surface area contributed by atoms with Crippen LogP contribution < -0.4 is 0 Å². The van der Waals surface area contributed by atoms with Gasteiger partial charge in [-0.15, -0.1) is 0 Å². The van der Waals surface area contributed by atoms with Gasteiger partial charge in [-0.25, -0.2) is 0 Å². The molecule has 3 heteroatoms. The van der Waals surface area contributed by atoms with Gasteiger partial charge in [-0.2, -0.15) is 0 Å². The molecule has 0 saturated heterocycles. The molecule has 3 saturated carbocycles. The molecule has 4 rings (SSSR count). The summed E-state index contributed by atoms with van der Waals surface area (Å²) in [6.07, 6.45) is 13.2. The summed E-state index contributed by atoms with van der Waals surface area (Å²) in [7, 11) is 0. The number of fused-ring (bicyclic) bond motifs is 5. The first-order valence-corrected chi connectivity index (χ1v) is 11.1. The molecule has 0 aromatic carbocycles. The molecule has 0 heterocycles. The van der Waals surface area contributed by atoms with Crippen molar-refractivity contribution in [2.45, 2.75) is 85.2 Å². The summed E-state index contributed by atoms with van der Waals surface area (Å²) in [4.78, 5) is 22.9. The number of rotatable bonds is 3. The van der Waals surface area contributed by atoms with Crippen LogP contribution in [-0.4, -0.2) is 18.4 Å². The lowest BCUT2D eigenvalue weighted by atomic mass is 9.47. The van der Waals surface area contributed by atoms with Gasteiger partial charge in [0.25, 0.3) is 0 Å². The Morgan fingerprint density at radius 2 is 1.85 bits per heavy atom. The Hall–Kier alpha value is -1.12. The Morgan fingerprint density at radius 3 is 2.56 bits per heavy atom. The van der Waals surface area contributed by atoms with Gasteiger partial charge in [-0.05, 0) is 85.9 Å². The van der Waals surface area contributed by atoms with Crippen LogP contribution >= 0.6 is 0 Å². The topological polar surface area (TPSA) is 43.4 Å². The van der Waals surface area contributed by atoms with Gasteiger partial charge in [0, 0.05) is 12.8 Å². The maximum absolute atomic E-state index is 11.5. The van der Waals surface area contributed by atoms with Gasteiger partial charge in [-0.1, -0.05) is 32.4 Å². The van der Waals surface area contributed by atoms with Gasteiger partial charge in [0.2, 0.25) is 0 Å². The minimum Gasteiger partial charge on any atom is -0.463 e. The van der Waals surface area contributed by atoms with Crippen molar-refractivity contribution in [3.8, 4) is 0 Å². The van der Waals surface area contributed by atoms with Gasteiger partial charge >= 0.3 is 5.97 Å². The quantitative estimate of drug-likeness (QED) is 0.382. The van der Waals surface area contributed by atoms with E-state index in [1.807, 2.05) is 0 Å². The highest BCUT2D eigenvalue weighted by Gasteiger charge is 2.58. The third-order valence-electron chi connectivity index (χ3n) is 9.29. The molecule has 0 aromatic heterocycles. The summed E-state index contributed by atoms with van der Waals surface area (Å²) in [6.45, 7) is 8.65. The third kappa shape index (κ3) is 2.91. The average molecular weight is 373 g/mol. The minimum atomic E-state index is -0.134. The standard InChI is InChI=1S/C24H36O3/c1-15(14-25)20-7-8-21-19-6-5-17-13-18(27-16(2)26)9-11-23(17,3)22(19)10-12-24(20,21)4/h6,14-15,17-18,20-22H,5,7-13H2,1-4H3/t15-,17?,18+,20-,21+,22+,23+,24-/m1/s1. The van der Waals surface area contributed by atoms with Crippen LogP contribution in [0.5, 0.6) is 0 Å². The molecule has 0 aromatic rings. The summed E-state index contributed by atoms with van der Waals surface area (Å²) >= 11 is 0. The van der Waals surface area contributed by atoms with Crippen molar-refractivity contribution in [1.29, 1.82) is 0 Å². The first-order chi connectivity index (χ1) is 12.8. The van der Waals surface area contributed by atoms with E-state index in [4.69, 9.17) is 4.74 Å². The summed E-state index contributed by atoms with van der Waals surface area (Å²) in [5.74, 6) is 2.60. The highest BCUT2D eigenvalue weighted by Crippen LogP contribution is 2.66. The van der Waals surface area contributed by atoms with E-state index in [0.717, 1.165) is 19.3 Å². The van der Waals surface area contributed by atoms with Crippen molar-refractivity contribution in [2.75, 3.05) is 0 Å². The molecule has 27 heavy (non-hydrogen) atoms. The van der Waals surface area contributed by atoms with Gasteiger partial charge in [0.15, 0.2) is 0 Å². The van der Waals surface area contributed by atoms with E-state index in [2.05, 4.69) is 26.8 Å². The van der Waals surface area contributed by atoms with Crippen molar-refractivity contribution in [2.24, 2.45) is 40.4 Å². The molecule has 3 nitrogen and oxygen atoms in total. The number of hydrogen-bond donors (Lipinski definition) is 0. The van der Waals surface area contributed by atoms with Crippen LogP contribution in [0.2, 0.25) is 0 Å². The fourth-order valence-corrected chi connectivity index (χ4v) is 7.81. The van der Waals surface area contributed by atoms with Crippen molar-refractivity contribution in [3.05, 3.63) is 11.6 Å². The van der Waals surface area contributed by atoms with Gasteiger partial charge < -0.3 is 9.53 Å². The van der Waals surface area contributed by atoms with E-state index >= 15 is 0 Å². The summed E-state index contributed by atoms with van der Waals surface area (Å²) in [5.41, 5.74) is 2.39. The van der Waals surface area contributed by atoms with Gasteiger partial charge in [0.05, 0.1) is 0 Å². The number of hydrogen-bond acceptors (Lipinski definition) is 3. The highest BCUT2D eigenvalue weighted by atomic mass is 16.5. The molecule has 4 aliphatic carbocycles. The number of carbonyl (C=O) groups is 2. The number of allylic oxidation sites excluding steroid dienone is 2. The second-order valence-corrected chi connectivity index (χ2v) is 10.5. The van der Waals surface area contributed by atoms with E-state index in [1.54, 1.807) is 5.57 Å². The largest absolute Gasteiger partial charge is 0.463 e. The smallest absolute Gasteiger partial charge is 0.302 e. The fraction of sp³-hybridized carbons (Fsp3) is 0.833. The second-order valence-electron chi connectivity index (χ2n) is 10.5. The molecule has 0 radical (unpaired) electrons. The zero-order valence-electron chi connectivity index (χ0n) is 17.5. The number of aldehydes is 1. The summed E-state index contributed by atoms with van der Waals surface area (Å²) < 4.78 is 5.57. The van der Waals surface area contributed by atoms with Crippen LogP contribution in [0.15, 0.2) is 11.6 Å². The molecule has 150 valence electrons. The predicted molar refractivity (Wildman–Crippen MR) is 106 cm³/mol. The van der Waals surface area contributed by atoms with Crippen molar-refractivity contribution < 1.29 is 14.3 Å². The Balaban J connectivity index is 1.58. The monoisotopic (exact) mass is 372 g/mol. The second kappa shape index (κ2) is 6.74. The Morgan fingerprint density at radius 1 is 1.15 bits per heavy atom. The average Bonchev–Trinajstić information content (AvgIpc) is 2.98. The molecule has 4 aliphatic rings. The molecular weight excluding hydrogens is 336 g/mol. The third-order valence-corrected chi connectivity index (χ3v) is 9.29. The van der Waals surface area contributed by atoms with Crippen molar-refractivity contribution in [3.63, 3.8) is 0 Å². The normalized spacial score (nSPS) is 47.1. The zero-order valence-corrected chi connectivity index (χ0v) is 17.5. The molecule has 0 aliphatic heterocycles. The zero-order chi connectivity index (χ0) is 19.4. The van der Waals surface area contributed by atoms with Crippen molar-refractivity contribution >= 4 is 12.3 Å². The number of carbonyl (C=O) groups excluding carboxylic acids is 2. The van der Waals surface area contributed by atoms with Crippen LogP contribution in [0, 0.1) is 40.4 Å². The lowest BCUT2D eigenvalue weighted by molar-refractivity contribution is -0.152. The SMILES string of the molecule is CC(=O)O[C@H]1CC[C@@]2(C)C(CC=C3[C@@H]4CC[C@H]([C@H](C)C=O)[C@@]4(C)CC[C@@H]32)C1. The highest BCUT2D eigenvalue weighted by molar-refractivity contribution is 5.66. The maximum Gasteiger partial charge on any atom is 0.302 e. The van der Waals surface area contributed by atoms with E-state index in [0.29, 0.717) is 34.5 Å². The molecule has 0 bridgehead atoms. The molecule has 0 spiro atoms. The lowest BCUT2D eigenvalue weighted by Crippen LogP contribution is -2.50. The summed E-state index contributed by atoms with van der Waals surface area (Å²) in [5, 5.41) is 0. The molecular formula is C24H36O3. The van der Waals surface area contributed by atoms with E-state index in [-0.39, 0.29) is 18.0 Å². The van der Waals surface area contributed by atoms with Gasteiger partial charge in [0.1, 0.15) is 12.4 Å². The molecule has 8 atom stereocenters. The Bertz CT molecular complexity index is 652. The molecule has 1 unspecified atom stereocenters. The van der Waals surface area contributed by atoms with E-state index in [9.17, 15) is 9.59 Å². The first kappa shape index (κ1) is 19.2. The number of esters is 1. The fourth-order valence-electron chi connectivity index (χ4n) is 7.81. The number of ether oxygens (including phenoxy) is 1. The van der Waals surface area contributed by atoms with Crippen molar-refractivity contribution in [1.82, 2.24) is 0 Å². The van der Waals surface area contributed by atoms with Crippen LogP contribution in [-0.2, 0) is 14.3 Å². The molecule has 0 N–H and O–H groups in total. The van der Waals surface area contributed by atoms with E-state index < -0.39 is 0 Å². The van der Waals surface area contributed by atoms with Crippen LogP contribution in [0.4, 0.5) is 0 Å².